The van der Waals surface area contributed by atoms with Gasteiger partial charge in [0.1, 0.15) is 5.01 Å². The highest BCUT2D eigenvalue weighted by Crippen LogP contribution is 2.26. The number of hydrogen-bond donors (Lipinski definition) is 1. The number of thiazole rings is 1. The average Bonchev–Trinajstić information content (AvgIpc) is 2.99. The van der Waals surface area contributed by atoms with Crippen molar-refractivity contribution in [2.24, 2.45) is 5.92 Å². The molecule has 1 unspecified atom stereocenters. The SMILES string of the molecule is Cc1ccccc1-c1nc(COCCCCCCC2CCCCNC2)cs1. The van der Waals surface area contributed by atoms with Crippen LogP contribution in [0.5, 0.6) is 0 Å². The Balaban J connectivity index is 1.25. The third-order valence-corrected chi connectivity index (χ3v) is 6.40. The molecule has 148 valence electrons. The van der Waals surface area contributed by atoms with Crippen LogP contribution in [0.15, 0.2) is 29.6 Å². The molecule has 0 saturated carbocycles. The van der Waals surface area contributed by atoms with Gasteiger partial charge in [-0.1, -0.05) is 49.9 Å². The van der Waals surface area contributed by atoms with Crippen molar-refractivity contribution in [3.63, 3.8) is 0 Å². The molecule has 1 fully saturated rings. The van der Waals surface area contributed by atoms with E-state index < -0.39 is 0 Å². The summed E-state index contributed by atoms with van der Waals surface area (Å²) in [5.41, 5.74) is 3.57. The highest BCUT2D eigenvalue weighted by Gasteiger charge is 2.11. The van der Waals surface area contributed by atoms with Crippen molar-refractivity contribution in [1.82, 2.24) is 10.3 Å². The van der Waals surface area contributed by atoms with Gasteiger partial charge in [0.2, 0.25) is 0 Å². The van der Waals surface area contributed by atoms with Gasteiger partial charge >= 0.3 is 0 Å². The van der Waals surface area contributed by atoms with E-state index in [1.165, 1.54) is 69.2 Å². The summed E-state index contributed by atoms with van der Waals surface area (Å²) in [4.78, 5) is 4.74. The number of ether oxygens (including phenoxy) is 1. The molecule has 1 atom stereocenters. The maximum Gasteiger partial charge on any atom is 0.123 e. The second-order valence-corrected chi connectivity index (χ2v) is 8.64. The minimum atomic E-state index is 0.635. The lowest BCUT2D eigenvalue weighted by molar-refractivity contribution is 0.114. The van der Waals surface area contributed by atoms with E-state index in [1.54, 1.807) is 11.3 Å². The summed E-state index contributed by atoms with van der Waals surface area (Å²) in [6.07, 6.45) is 10.8. The van der Waals surface area contributed by atoms with E-state index in [4.69, 9.17) is 9.72 Å². The lowest BCUT2D eigenvalue weighted by atomic mass is 9.96. The van der Waals surface area contributed by atoms with Gasteiger partial charge in [0.25, 0.3) is 0 Å². The zero-order valence-corrected chi connectivity index (χ0v) is 17.5. The molecule has 1 N–H and O–H groups in total. The third-order valence-electron chi connectivity index (χ3n) is 5.48. The molecule has 2 heterocycles. The molecule has 1 aliphatic rings. The van der Waals surface area contributed by atoms with Gasteiger partial charge in [-0.2, -0.15) is 0 Å². The molecule has 1 aromatic heterocycles. The van der Waals surface area contributed by atoms with E-state index in [0.717, 1.165) is 29.6 Å². The van der Waals surface area contributed by atoms with E-state index in [-0.39, 0.29) is 0 Å². The Morgan fingerprint density at radius 1 is 1.15 bits per heavy atom. The largest absolute Gasteiger partial charge is 0.375 e. The highest BCUT2D eigenvalue weighted by atomic mass is 32.1. The van der Waals surface area contributed by atoms with E-state index in [9.17, 15) is 0 Å². The molecule has 0 spiro atoms. The number of benzene rings is 1. The van der Waals surface area contributed by atoms with Crippen molar-refractivity contribution in [1.29, 1.82) is 0 Å². The molecule has 3 rings (SSSR count). The zero-order valence-electron chi connectivity index (χ0n) is 16.7. The van der Waals surface area contributed by atoms with Crippen LogP contribution in [0.3, 0.4) is 0 Å². The molecule has 1 aromatic carbocycles. The number of rotatable bonds is 10. The van der Waals surface area contributed by atoms with Crippen LogP contribution >= 0.6 is 11.3 Å². The fourth-order valence-corrected chi connectivity index (χ4v) is 4.71. The van der Waals surface area contributed by atoms with Crippen LogP contribution < -0.4 is 5.32 Å². The van der Waals surface area contributed by atoms with Crippen LogP contribution in [-0.2, 0) is 11.3 Å². The Kier molecular flexibility index (Phi) is 8.79. The summed E-state index contributed by atoms with van der Waals surface area (Å²) in [7, 11) is 0. The number of nitrogens with zero attached hydrogens (tertiary/aromatic N) is 1. The van der Waals surface area contributed by atoms with Crippen molar-refractivity contribution in [3.05, 3.63) is 40.9 Å². The molecular formula is C23H34N2OS. The maximum atomic E-state index is 5.85. The quantitative estimate of drug-likeness (QED) is 0.510. The average molecular weight is 387 g/mol. The Hall–Kier alpha value is -1.23. The second-order valence-electron chi connectivity index (χ2n) is 7.78. The van der Waals surface area contributed by atoms with E-state index in [0.29, 0.717) is 6.61 Å². The fourth-order valence-electron chi connectivity index (χ4n) is 3.81. The molecule has 2 aromatic rings. The van der Waals surface area contributed by atoms with E-state index >= 15 is 0 Å². The van der Waals surface area contributed by atoms with Gasteiger partial charge in [-0.15, -0.1) is 11.3 Å². The molecule has 1 saturated heterocycles. The Morgan fingerprint density at radius 3 is 2.96 bits per heavy atom. The number of hydrogen-bond acceptors (Lipinski definition) is 4. The van der Waals surface area contributed by atoms with Crippen LogP contribution in [0.25, 0.3) is 10.6 Å². The minimum absolute atomic E-state index is 0.635. The first-order chi connectivity index (χ1) is 13.3. The zero-order chi connectivity index (χ0) is 18.7. The van der Waals surface area contributed by atoms with E-state index in [2.05, 4.69) is 41.9 Å². The molecule has 27 heavy (non-hydrogen) atoms. The van der Waals surface area contributed by atoms with Crippen molar-refractivity contribution in [2.75, 3.05) is 19.7 Å². The number of aryl methyl sites for hydroxylation is 1. The maximum absolute atomic E-state index is 5.85. The van der Waals surface area contributed by atoms with Crippen molar-refractivity contribution in [2.45, 2.75) is 64.9 Å². The Labute approximate surface area is 168 Å². The van der Waals surface area contributed by atoms with Crippen LogP contribution in [0.4, 0.5) is 0 Å². The van der Waals surface area contributed by atoms with Gasteiger partial charge in [-0.25, -0.2) is 4.98 Å². The molecule has 0 bridgehead atoms. The number of unbranched alkanes of at least 4 members (excludes halogenated alkanes) is 3. The van der Waals surface area contributed by atoms with Crippen molar-refractivity contribution < 1.29 is 4.74 Å². The van der Waals surface area contributed by atoms with Crippen LogP contribution in [-0.4, -0.2) is 24.7 Å². The smallest absolute Gasteiger partial charge is 0.123 e. The van der Waals surface area contributed by atoms with Gasteiger partial charge in [0.15, 0.2) is 0 Å². The first-order valence-corrected chi connectivity index (χ1v) is 11.5. The predicted molar refractivity (Wildman–Crippen MR) is 115 cm³/mol. The molecule has 0 radical (unpaired) electrons. The standard InChI is InChI=1S/C23H34N2OS/c1-19-10-5-6-13-22(19)23-25-21(18-27-23)17-26-15-9-3-2-4-11-20-12-7-8-14-24-16-20/h5-6,10,13,18,20,24H,2-4,7-9,11-12,14-17H2,1H3. The summed E-state index contributed by atoms with van der Waals surface area (Å²) in [6.45, 7) is 6.08. The van der Waals surface area contributed by atoms with Gasteiger partial charge in [0.05, 0.1) is 12.3 Å². The molecule has 1 aliphatic heterocycles. The van der Waals surface area contributed by atoms with Gasteiger partial charge < -0.3 is 10.1 Å². The minimum Gasteiger partial charge on any atom is -0.375 e. The predicted octanol–water partition coefficient (Wildman–Crippen LogP) is 5.98. The summed E-state index contributed by atoms with van der Waals surface area (Å²) in [6, 6.07) is 8.43. The summed E-state index contributed by atoms with van der Waals surface area (Å²) < 4.78 is 5.85. The summed E-state index contributed by atoms with van der Waals surface area (Å²) >= 11 is 1.71. The first-order valence-electron chi connectivity index (χ1n) is 10.6. The Bertz CT molecular complexity index is 662. The summed E-state index contributed by atoms with van der Waals surface area (Å²) in [5, 5.41) is 6.80. The number of aromatic nitrogens is 1. The van der Waals surface area contributed by atoms with Crippen molar-refractivity contribution >= 4 is 11.3 Å². The van der Waals surface area contributed by atoms with Crippen LogP contribution in [0.2, 0.25) is 0 Å². The third kappa shape index (κ3) is 7.02. The second kappa shape index (κ2) is 11.6. The van der Waals surface area contributed by atoms with E-state index in [1.807, 2.05) is 0 Å². The molecule has 0 aliphatic carbocycles. The fraction of sp³-hybridized carbons (Fsp3) is 0.609. The number of nitrogens with one attached hydrogen (secondary N) is 1. The lowest BCUT2D eigenvalue weighted by Crippen LogP contribution is -2.20. The monoisotopic (exact) mass is 386 g/mol. The molecule has 4 heteroatoms. The van der Waals surface area contributed by atoms with Crippen LogP contribution in [0, 0.1) is 12.8 Å². The van der Waals surface area contributed by atoms with Crippen LogP contribution in [0.1, 0.15) is 62.6 Å². The van der Waals surface area contributed by atoms with Crippen molar-refractivity contribution in [3.8, 4) is 10.6 Å². The summed E-state index contributed by atoms with van der Waals surface area (Å²) in [5.74, 6) is 0.913. The van der Waals surface area contributed by atoms with Gasteiger partial charge in [0, 0.05) is 17.6 Å². The first kappa shape index (κ1) is 20.5. The topological polar surface area (TPSA) is 34.1 Å². The molecule has 0 amide bonds. The molecular weight excluding hydrogens is 352 g/mol. The normalized spacial score (nSPS) is 17.7. The van der Waals surface area contributed by atoms with Gasteiger partial charge in [-0.3, -0.25) is 0 Å². The highest BCUT2D eigenvalue weighted by molar-refractivity contribution is 7.13. The molecule has 3 nitrogen and oxygen atoms in total. The Morgan fingerprint density at radius 2 is 2.04 bits per heavy atom. The van der Waals surface area contributed by atoms with Gasteiger partial charge in [-0.05, 0) is 57.2 Å². The lowest BCUT2D eigenvalue weighted by Gasteiger charge is -2.13.